The number of nitrogens with zero attached hydrogens (tertiary/aromatic N) is 3. The van der Waals surface area contributed by atoms with E-state index in [-0.39, 0.29) is 6.03 Å². The van der Waals surface area contributed by atoms with Gasteiger partial charge in [0.1, 0.15) is 0 Å². The third-order valence-corrected chi connectivity index (χ3v) is 2.91. The van der Waals surface area contributed by atoms with Crippen LogP contribution in [0.5, 0.6) is 0 Å². The van der Waals surface area contributed by atoms with Crippen LogP contribution in [-0.4, -0.2) is 80.8 Å². The average Bonchev–Trinajstić information content (AvgIpc) is 2.41. The van der Waals surface area contributed by atoms with Crippen molar-refractivity contribution in [2.45, 2.75) is 0 Å². The third-order valence-electron chi connectivity index (χ3n) is 2.91. The monoisotopic (exact) mass is 244 g/mol. The molecule has 0 aromatic rings. The molecular formula is C10H20N4O3. The Balaban J connectivity index is 2.02. The number of carbonyl (C=O) groups excluding carboxylic acids is 1. The molecule has 2 heterocycles. The highest BCUT2D eigenvalue weighted by molar-refractivity contribution is 5.72. The number of hydrogen-bond donors (Lipinski definition) is 1. The number of hydrogen-bond acceptors (Lipinski definition) is 5. The van der Waals surface area contributed by atoms with E-state index in [0.717, 1.165) is 26.2 Å². The molecule has 2 aliphatic rings. The highest BCUT2D eigenvalue weighted by atomic mass is 16.5. The molecule has 98 valence electrons. The van der Waals surface area contributed by atoms with E-state index in [0.29, 0.717) is 26.4 Å². The molecule has 0 unspecified atom stereocenters. The number of carbonyl (C=O) groups is 1. The largest absolute Gasteiger partial charge is 0.379 e. The van der Waals surface area contributed by atoms with Gasteiger partial charge in [0.05, 0.1) is 26.4 Å². The summed E-state index contributed by atoms with van der Waals surface area (Å²) in [6, 6.07) is -0.103. The van der Waals surface area contributed by atoms with Crippen molar-refractivity contribution in [1.29, 1.82) is 0 Å². The first-order valence-corrected chi connectivity index (χ1v) is 6.00. The van der Waals surface area contributed by atoms with Gasteiger partial charge in [-0.05, 0) is 0 Å². The zero-order valence-corrected chi connectivity index (χ0v) is 10.2. The van der Waals surface area contributed by atoms with Gasteiger partial charge in [0.25, 0.3) is 0 Å². The zero-order valence-electron chi connectivity index (χ0n) is 10.2. The Bertz CT molecular complexity index is 234. The molecule has 0 bridgehead atoms. The van der Waals surface area contributed by atoms with Gasteiger partial charge in [-0.25, -0.2) is 4.79 Å². The van der Waals surface area contributed by atoms with Gasteiger partial charge in [-0.2, -0.15) is 15.1 Å². The molecule has 0 aromatic carbocycles. The summed E-state index contributed by atoms with van der Waals surface area (Å²) in [5, 5.41) is 8.42. The lowest BCUT2D eigenvalue weighted by molar-refractivity contribution is -0.190. The number of rotatable bonds is 2. The van der Waals surface area contributed by atoms with E-state index in [1.54, 1.807) is 12.2 Å². The highest BCUT2D eigenvalue weighted by Crippen LogP contribution is 2.10. The van der Waals surface area contributed by atoms with Gasteiger partial charge in [-0.15, -0.1) is 0 Å². The normalized spacial score (nSPS) is 23.4. The molecule has 1 N–H and O–H groups in total. The molecule has 0 spiro atoms. The predicted octanol–water partition coefficient (Wildman–Crippen LogP) is -0.878. The van der Waals surface area contributed by atoms with Gasteiger partial charge in [-0.1, -0.05) is 0 Å². The van der Waals surface area contributed by atoms with Crippen LogP contribution < -0.4 is 5.32 Å². The number of urea groups is 1. The van der Waals surface area contributed by atoms with Crippen molar-refractivity contribution < 1.29 is 14.3 Å². The number of amides is 2. The van der Waals surface area contributed by atoms with Gasteiger partial charge in [0.15, 0.2) is 0 Å². The Morgan fingerprint density at radius 2 is 1.41 bits per heavy atom. The molecule has 2 fully saturated rings. The van der Waals surface area contributed by atoms with Crippen LogP contribution in [0.15, 0.2) is 0 Å². The summed E-state index contributed by atoms with van der Waals surface area (Å²) >= 11 is 0. The fraction of sp³-hybridized carbons (Fsp3) is 0.900. The fourth-order valence-corrected chi connectivity index (χ4v) is 2.02. The quantitative estimate of drug-likeness (QED) is 0.684. The second-order valence-electron chi connectivity index (χ2n) is 3.98. The molecule has 2 amide bonds. The summed E-state index contributed by atoms with van der Waals surface area (Å²) in [4.78, 5) is 12.0. The Morgan fingerprint density at radius 1 is 1.00 bits per heavy atom. The molecule has 2 saturated heterocycles. The van der Waals surface area contributed by atoms with Crippen molar-refractivity contribution in [1.82, 2.24) is 20.5 Å². The summed E-state index contributed by atoms with van der Waals surface area (Å²) in [6.07, 6.45) is 0. The van der Waals surface area contributed by atoms with Crippen LogP contribution in [0, 0.1) is 0 Å². The second kappa shape index (κ2) is 6.15. The van der Waals surface area contributed by atoms with Crippen LogP contribution in [0.25, 0.3) is 0 Å². The third kappa shape index (κ3) is 3.06. The molecule has 2 rings (SSSR count). The van der Waals surface area contributed by atoms with Crippen LogP contribution in [0.3, 0.4) is 0 Å². The minimum atomic E-state index is -0.103. The van der Waals surface area contributed by atoms with E-state index in [1.165, 1.54) is 0 Å². The Morgan fingerprint density at radius 3 is 1.76 bits per heavy atom. The van der Waals surface area contributed by atoms with E-state index in [9.17, 15) is 4.79 Å². The van der Waals surface area contributed by atoms with Gasteiger partial charge in [-0.3, -0.25) is 0 Å². The van der Waals surface area contributed by atoms with Gasteiger partial charge in [0.2, 0.25) is 0 Å². The summed E-state index contributed by atoms with van der Waals surface area (Å²) in [5.74, 6) is 0. The van der Waals surface area contributed by atoms with Crippen LogP contribution in [-0.2, 0) is 9.47 Å². The molecule has 0 saturated carbocycles. The number of nitrogens with one attached hydrogen (secondary N) is 1. The SMILES string of the molecule is CNC(=O)N(N1CCOCC1)N1CCOCC1. The van der Waals surface area contributed by atoms with Gasteiger partial charge >= 0.3 is 6.03 Å². The minimum absolute atomic E-state index is 0.103. The van der Waals surface area contributed by atoms with E-state index < -0.39 is 0 Å². The summed E-state index contributed by atoms with van der Waals surface area (Å²) in [6.45, 7) is 5.62. The first-order chi connectivity index (χ1) is 8.33. The standard InChI is InChI=1S/C10H20N4O3/c1-11-10(15)14(12-2-6-16-7-3-12)13-4-8-17-9-5-13/h2-9H2,1H3,(H,11,15). The lowest BCUT2D eigenvalue weighted by atomic mass is 10.5. The zero-order chi connectivity index (χ0) is 12.1. The highest BCUT2D eigenvalue weighted by Gasteiger charge is 2.29. The molecular weight excluding hydrogens is 224 g/mol. The smallest absolute Gasteiger partial charge is 0.346 e. The topological polar surface area (TPSA) is 57.3 Å². The minimum Gasteiger partial charge on any atom is -0.379 e. The van der Waals surface area contributed by atoms with E-state index in [1.807, 2.05) is 10.0 Å². The van der Waals surface area contributed by atoms with Crippen LogP contribution in [0.4, 0.5) is 4.79 Å². The fourth-order valence-electron chi connectivity index (χ4n) is 2.02. The Kier molecular flexibility index (Phi) is 4.55. The summed E-state index contributed by atoms with van der Waals surface area (Å²) in [7, 11) is 1.65. The van der Waals surface area contributed by atoms with Crippen LogP contribution >= 0.6 is 0 Å². The maximum Gasteiger partial charge on any atom is 0.346 e. The molecule has 2 aliphatic heterocycles. The molecule has 7 heteroatoms. The summed E-state index contributed by atoms with van der Waals surface area (Å²) in [5.41, 5.74) is 0. The maximum atomic E-state index is 12.0. The van der Waals surface area contributed by atoms with Crippen LogP contribution in [0.1, 0.15) is 0 Å². The molecule has 0 aliphatic carbocycles. The van der Waals surface area contributed by atoms with Crippen molar-refractivity contribution in [3.8, 4) is 0 Å². The number of ether oxygens (including phenoxy) is 2. The first-order valence-electron chi connectivity index (χ1n) is 6.00. The number of hydrazine groups is 2. The molecule has 7 nitrogen and oxygen atoms in total. The number of morpholine rings is 2. The van der Waals surface area contributed by atoms with E-state index in [4.69, 9.17) is 9.47 Å². The maximum absolute atomic E-state index is 12.0. The molecule has 0 atom stereocenters. The molecule has 0 radical (unpaired) electrons. The Labute approximate surface area is 101 Å². The lowest BCUT2D eigenvalue weighted by Gasteiger charge is -2.44. The van der Waals surface area contributed by atoms with Gasteiger partial charge in [0, 0.05) is 33.2 Å². The second-order valence-corrected chi connectivity index (χ2v) is 3.98. The van der Waals surface area contributed by atoms with E-state index >= 15 is 0 Å². The van der Waals surface area contributed by atoms with Crippen molar-refractivity contribution in [3.63, 3.8) is 0 Å². The van der Waals surface area contributed by atoms with Crippen molar-refractivity contribution in [3.05, 3.63) is 0 Å². The molecule has 0 aromatic heterocycles. The Hall–Kier alpha value is -0.890. The van der Waals surface area contributed by atoms with Gasteiger partial charge < -0.3 is 14.8 Å². The lowest BCUT2D eigenvalue weighted by Crippen LogP contribution is -2.63. The van der Waals surface area contributed by atoms with Crippen molar-refractivity contribution >= 4 is 6.03 Å². The average molecular weight is 244 g/mol. The van der Waals surface area contributed by atoms with Crippen LogP contribution in [0.2, 0.25) is 0 Å². The van der Waals surface area contributed by atoms with Crippen molar-refractivity contribution in [2.75, 3.05) is 59.7 Å². The first kappa shape index (κ1) is 12.6. The predicted molar refractivity (Wildman–Crippen MR) is 61.1 cm³/mol. The van der Waals surface area contributed by atoms with E-state index in [2.05, 4.69) is 5.32 Å². The summed E-state index contributed by atoms with van der Waals surface area (Å²) < 4.78 is 10.6. The molecule has 17 heavy (non-hydrogen) atoms. The van der Waals surface area contributed by atoms with Crippen molar-refractivity contribution in [2.24, 2.45) is 0 Å².